The van der Waals surface area contributed by atoms with E-state index in [0.717, 1.165) is 28.2 Å². The predicted molar refractivity (Wildman–Crippen MR) is 129 cm³/mol. The quantitative estimate of drug-likeness (QED) is 0.437. The van der Waals surface area contributed by atoms with Crippen molar-refractivity contribution in [3.8, 4) is 0 Å². The third-order valence-electron chi connectivity index (χ3n) is 4.82. The summed E-state index contributed by atoms with van der Waals surface area (Å²) in [6.07, 6.45) is -0.732. The van der Waals surface area contributed by atoms with Crippen molar-refractivity contribution in [3.63, 3.8) is 0 Å². The number of carbonyl (C=O) groups is 3. The summed E-state index contributed by atoms with van der Waals surface area (Å²) in [6.45, 7) is 5.60. The molecule has 2 amide bonds. The number of thiophene rings is 1. The number of anilines is 1. The molecule has 1 aromatic carbocycles. The van der Waals surface area contributed by atoms with Crippen molar-refractivity contribution in [3.05, 3.63) is 58.1 Å². The average Bonchev–Trinajstić information content (AvgIpc) is 3.16. The molecule has 0 saturated heterocycles. The van der Waals surface area contributed by atoms with Crippen LogP contribution in [0, 0.1) is 6.92 Å². The summed E-state index contributed by atoms with van der Waals surface area (Å²) in [5.41, 5.74) is 2.64. The first-order valence-electron chi connectivity index (χ1n) is 10.7. The van der Waals surface area contributed by atoms with Gasteiger partial charge in [-0.15, -0.1) is 11.3 Å². The van der Waals surface area contributed by atoms with Crippen molar-refractivity contribution in [2.45, 2.75) is 40.0 Å². The Morgan fingerprint density at radius 1 is 1.12 bits per heavy atom. The summed E-state index contributed by atoms with van der Waals surface area (Å²) < 4.78 is 15.7. The van der Waals surface area contributed by atoms with E-state index in [1.54, 1.807) is 14.0 Å². The molecular weight excluding hydrogens is 458 g/mol. The molecule has 0 saturated carbocycles. The lowest BCUT2D eigenvalue weighted by Gasteiger charge is -2.15. The number of carbonyl (C=O) groups excluding carboxylic acids is 3. The van der Waals surface area contributed by atoms with Gasteiger partial charge in [0.1, 0.15) is 22.4 Å². The minimum atomic E-state index is -0.933. The van der Waals surface area contributed by atoms with Gasteiger partial charge in [0.25, 0.3) is 0 Å². The van der Waals surface area contributed by atoms with Crippen LogP contribution >= 0.6 is 11.3 Å². The molecule has 2 heterocycles. The fourth-order valence-electron chi connectivity index (χ4n) is 3.28. The molecule has 0 bridgehead atoms. The summed E-state index contributed by atoms with van der Waals surface area (Å²) in [5.74, 6) is -1.09. The summed E-state index contributed by atoms with van der Waals surface area (Å²) in [4.78, 5) is 43.1. The number of hydrogen-bond acceptors (Lipinski definition) is 8. The summed E-state index contributed by atoms with van der Waals surface area (Å²) in [6, 6.07) is 10.1. The number of rotatable bonds is 9. The number of hydrogen-bond donors (Lipinski definition) is 2. The zero-order chi connectivity index (χ0) is 24.7. The van der Waals surface area contributed by atoms with E-state index in [0.29, 0.717) is 10.2 Å². The molecule has 34 heavy (non-hydrogen) atoms. The van der Waals surface area contributed by atoms with Gasteiger partial charge >= 0.3 is 12.1 Å². The fraction of sp³-hybridized carbons (Fsp3) is 0.333. The number of pyridine rings is 1. The molecule has 10 heteroatoms. The maximum atomic E-state index is 13.0. The Labute approximate surface area is 201 Å². The van der Waals surface area contributed by atoms with Gasteiger partial charge in [0, 0.05) is 18.2 Å². The normalized spacial score (nSPS) is 11.6. The van der Waals surface area contributed by atoms with Crippen LogP contribution < -0.4 is 10.6 Å². The van der Waals surface area contributed by atoms with Crippen molar-refractivity contribution < 1.29 is 28.6 Å². The standard InChI is InChI=1S/C24H27N3O6S/c1-5-32-23(29)20-19(18-17(13-31-4)11-14(2)25-22(18)34-20)27-21(28)15(3)26-24(30)33-12-16-9-7-6-8-10-16/h6-11,15H,5,12-13H2,1-4H3,(H,26,30)(H,27,28)/t15-/m1/s1. The number of benzene rings is 1. The molecule has 0 spiro atoms. The molecule has 3 aromatic rings. The number of aryl methyl sites for hydroxylation is 1. The Hall–Kier alpha value is -3.50. The van der Waals surface area contributed by atoms with Gasteiger partial charge in [0.05, 0.1) is 18.9 Å². The van der Waals surface area contributed by atoms with Crippen LogP contribution in [0.1, 0.15) is 40.3 Å². The SMILES string of the molecule is CCOC(=O)c1sc2nc(C)cc(COC)c2c1NC(=O)[C@@H](C)NC(=O)OCc1ccccc1. The third kappa shape index (κ3) is 6.09. The predicted octanol–water partition coefficient (Wildman–Crippen LogP) is 4.18. The average molecular weight is 486 g/mol. The van der Waals surface area contributed by atoms with E-state index in [-0.39, 0.29) is 30.4 Å². The van der Waals surface area contributed by atoms with Gasteiger partial charge in [0.15, 0.2) is 0 Å². The highest BCUT2D eigenvalue weighted by Gasteiger charge is 2.26. The van der Waals surface area contributed by atoms with Crippen LogP contribution in [-0.2, 0) is 32.2 Å². The zero-order valence-corrected chi connectivity index (χ0v) is 20.3. The molecule has 0 aliphatic heterocycles. The van der Waals surface area contributed by atoms with Gasteiger partial charge < -0.3 is 24.8 Å². The molecule has 9 nitrogen and oxygen atoms in total. The van der Waals surface area contributed by atoms with Gasteiger partial charge in [0.2, 0.25) is 5.91 Å². The van der Waals surface area contributed by atoms with Crippen molar-refractivity contribution in [1.29, 1.82) is 0 Å². The first-order valence-corrected chi connectivity index (χ1v) is 11.5. The first kappa shape index (κ1) is 25.1. The van der Waals surface area contributed by atoms with Crippen molar-refractivity contribution in [1.82, 2.24) is 10.3 Å². The van der Waals surface area contributed by atoms with E-state index in [1.165, 1.54) is 6.92 Å². The van der Waals surface area contributed by atoms with Gasteiger partial charge in [-0.2, -0.15) is 0 Å². The molecule has 0 fully saturated rings. The second-order valence-corrected chi connectivity index (χ2v) is 8.48. The number of ether oxygens (including phenoxy) is 3. The Kier molecular flexibility index (Phi) is 8.55. The molecule has 2 N–H and O–H groups in total. The fourth-order valence-corrected chi connectivity index (χ4v) is 4.40. The second-order valence-electron chi connectivity index (χ2n) is 7.48. The van der Waals surface area contributed by atoms with E-state index in [9.17, 15) is 14.4 Å². The smallest absolute Gasteiger partial charge is 0.408 e. The number of fused-ring (bicyclic) bond motifs is 1. The second kappa shape index (κ2) is 11.6. The zero-order valence-electron chi connectivity index (χ0n) is 19.5. The molecular formula is C24H27N3O6S. The van der Waals surface area contributed by atoms with Crippen LogP contribution in [0.25, 0.3) is 10.2 Å². The maximum absolute atomic E-state index is 13.0. The van der Waals surface area contributed by atoms with Crippen molar-refractivity contribution in [2.75, 3.05) is 19.0 Å². The van der Waals surface area contributed by atoms with Gasteiger partial charge in [-0.3, -0.25) is 4.79 Å². The molecule has 2 aromatic heterocycles. The maximum Gasteiger partial charge on any atom is 0.408 e. The monoisotopic (exact) mass is 485 g/mol. The number of methoxy groups -OCH3 is 1. The Balaban J connectivity index is 1.81. The summed E-state index contributed by atoms with van der Waals surface area (Å²) in [5, 5.41) is 5.89. The first-order chi connectivity index (χ1) is 16.3. The molecule has 0 aliphatic rings. The van der Waals surface area contributed by atoms with E-state index < -0.39 is 24.0 Å². The molecule has 1 atom stereocenters. The molecule has 0 radical (unpaired) electrons. The highest BCUT2D eigenvalue weighted by molar-refractivity contribution is 7.21. The van der Waals surface area contributed by atoms with E-state index in [4.69, 9.17) is 14.2 Å². The number of amides is 2. The Bertz CT molecular complexity index is 1180. The van der Waals surface area contributed by atoms with Crippen LogP contribution in [-0.4, -0.2) is 42.7 Å². The lowest BCUT2D eigenvalue weighted by molar-refractivity contribution is -0.117. The van der Waals surface area contributed by atoms with Crippen LogP contribution in [0.3, 0.4) is 0 Å². The molecule has 180 valence electrons. The highest BCUT2D eigenvalue weighted by atomic mass is 32.1. The van der Waals surface area contributed by atoms with Crippen LogP contribution in [0.5, 0.6) is 0 Å². The van der Waals surface area contributed by atoms with Crippen LogP contribution in [0.15, 0.2) is 36.4 Å². The highest BCUT2D eigenvalue weighted by Crippen LogP contribution is 2.38. The minimum absolute atomic E-state index is 0.0780. The van der Waals surface area contributed by atoms with Gasteiger partial charge in [-0.25, -0.2) is 14.6 Å². The van der Waals surface area contributed by atoms with Gasteiger partial charge in [-0.05, 0) is 38.0 Å². The van der Waals surface area contributed by atoms with E-state index >= 15 is 0 Å². The van der Waals surface area contributed by atoms with Gasteiger partial charge in [-0.1, -0.05) is 30.3 Å². The topological polar surface area (TPSA) is 116 Å². The Morgan fingerprint density at radius 2 is 1.85 bits per heavy atom. The number of esters is 1. The number of nitrogens with zero attached hydrogens (tertiary/aromatic N) is 1. The lowest BCUT2D eigenvalue weighted by atomic mass is 10.1. The number of nitrogens with one attached hydrogen (secondary N) is 2. The molecule has 3 rings (SSSR count). The summed E-state index contributed by atoms with van der Waals surface area (Å²) in [7, 11) is 1.56. The largest absolute Gasteiger partial charge is 0.462 e. The Morgan fingerprint density at radius 3 is 2.53 bits per heavy atom. The number of alkyl carbamates (subject to hydrolysis) is 1. The van der Waals surface area contributed by atoms with Crippen LogP contribution in [0.4, 0.5) is 10.5 Å². The summed E-state index contributed by atoms with van der Waals surface area (Å²) >= 11 is 1.13. The van der Waals surface area contributed by atoms with E-state index in [1.807, 2.05) is 43.3 Å². The minimum Gasteiger partial charge on any atom is -0.462 e. The van der Waals surface area contributed by atoms with E-state index in [2.05, 4.69) is 15.6 Å². The molecule has 0 unspecified atom stereocenters. The molecule has 0 aliphatic carbocycles. The van der Waals surface area contributed by atoms with Crippen molar-refractivity contribution in [2.24, 2.45) is 0 Å². The van der Waals surface area contributed by atoms with Crippen LogP contribution in [0.2, 0.25) is 0 Å². The van der Waals surface area contributed by atoms with Crippen molar-refractivity contribution >= 4 is 45.2 Å². The number of aromatic nitrogens is 1. The lowest BCUT2D eigenvalue weighted by Crippen LogP contribution is -2.42. The third-order valence-corrected chi connectivity index (χ3v) is 5.88.